The molecule has 1 atom stereocenters. The molecule has 0 radical (unpaired) electrons. The molecule has 19 heavy (non-hydrogen) atoms. The molecule has 3 rings (SSSR count). The van der Waals surface area contributed by atoms with Gasteiger partial charge in [0.2, 0.25) is 0 Å². The van der Waals surface area contributed by atoms with Gasteiger partial charge < -0.3 is 14.8 Å². The molecule has 0 aliphatic carbocycles. The number of aliphatic hydroxyl groups excluding tert-OH is 1. The Labute approximate surface area is 121 Å². The molecule has 1 unspecified atom stereocenters. The van der Waals surface area contributed by atoms with Crippen LogP contribution in [0.3, 0.4) is 0 Å². The molecule has 0 saturated carbocycles. The molecule has 4 heteroatoms. The van der Waals surface area contributed by atoms with Gasteiger partial charge in [-0.3, -0.25) is 0 Å². The summed E-state index contributed by atoms with van der Waals surface area (Å²) in [6.07, 6.45) is 2.44. The summed E-state index contributed by atoms with van der Waals surface area (Å²) in [6.45, 7) is 2.98. The molecule has 0 bridgehead atoms. The van der Waals surface area contributed by atoms with Crippen LogP contribution >= 0.6 is 15.9 Å². The molecule has 1 aliphatic rings. The average molecular weight is 324 g/mol. The van der Waals surface area contributed by atoms with E-state index in [1.54, 1.807) is 0 Å². The summed E-state index contributed by atoms with van der Waals surface area (Å²) in [4.78, 5) is 3.51. The number of hydrogen-bond donors (Lipinski definition) is 2. The van der Waals surface area contributed by atoms with Crippen molar-refractivity contribution in [2.45, 2.75) is 31.8 Å². The SMILES string of the molecule is CCC1(CCO)OCCc2c1[nH]c1ccc(Br)cc21. The fourth-order valence-electron chi connectivity index (χ4n) is 3.12. The van der Waals surface area contributed by atoms with Crippen LogP contribution in [0.1, 0.15) is 31.0 Å². The molecule has 1 aromatic heterocycles. The maximum absolute atomic E-state index is 9.36. The van der Waals surface area contributed by atoms with E-state index in [1.165, 1.54) is 10.9 Å². The molecule has 2 N–H and O–H groups in total. The number of hydrogen-bond acceptors (Lipinski definition) is 2. The number of rotatable bonds is 3. The summed E-state index contributed by atoms with van der Waals surface area (Å²) in [5.74, 6) is 0. The first kappa shape index (κ1) is 13.2. The van der Waals surface area contributed by atoms with Gasteiger partial charge in [-0.15, -0.1) is 0 Å². The van der Waals surface area contributed by atoms with Crippen molar-refractivity contribution < 1.29 is 9.84 Å². The number of H-pyrrole nitrogens is 1. The van der Waals surface area contributed by atoms with Crippen molar-refractivity contribution in [3.63, 3.8) is 0 Å². The van der Waals surface area contributed by atoms with Crippen molar-refractivity contribution in [1.82, 2.24) is 4.98 Å². The number of ether oxygens (including phenoxy) is 1. The van der Waals surface area contributed by atoms with E-state index >= 15 is 0 Å². The fraction of sp³-hybridized carbons (Fsp3) is 0.467. The van der Waals surface area contributed by atoms with Crippen molar-refractivity contribution in [1.29, 1.82) is 0 Å². The maximum Gasteiger partial charge on any atom is 0.110 e. The van der Waals surface area contributed by atoms with E-state index in [4.69, 9.17) is 4.74 Å². The van der Waals surface area contributed by atoms with Gasteiger partial charge in [-0.05, 0) is 36.6 Å². The highest BCUT2D eigenvalue weighted by molar-refractivity contribution is 9.10. The molecule has 2 heterocycles. The summed E-state index contributed by atoms with van der Waals surface area (Å²) >= 11 is 3.54. The Bertz CT molecular complexity index is 607. The minimum Gasteiger partial charge on any atom is -0.396 e. The zero-order valence-corrected chi connectivity index (χ0v) is 12.6. The number of benzene rings is 1. The second kappa shape index (κ2) is 4.93. The predicted molar refractivity (Wildman–Crippen MR) is 79.3 cm³/mol. The van der Waals surface area contributed by atoms with Gasteiger partial charge in [0, 0.05) is 28.4 Å². The zero-order chi connectivity index (χ0) is 13.5. The Kier molecular flexibility index (Phi) is 3.41. The number of fused-ring (bicyclic) bond motifs is 3. The normalized spacial score (nSPS) is 22.7. The van der Waals surface area contributed by atoms with E-state index in [-0.39, 0.29) is 12.2 Å². The van der Waals surface area contributed by atoms with Crippen molar-refractivity contribution in [3.8, 4) is 0 Å². The quantitative estimate of drug-likeness (QED) is 0.908. The van der Waals surface area contributed by atoms with E-state index < -0.39 is 0 Å². The lowest BCUT2D eigenvalue weighted by Crippen LogP contribution is -2.36. The Morgan fingerprint density at radius 3 is 3.05 bits per heavy atom. The highest BCUT2D eigenvalue weighted by Crippen LogP contribution is 2.41. The second-order valence-electron chi connectivity index (χ2n) is 5.09. The van der Waals surface area contributed by atoms with Crippen molar-refractivity contribution in [2.75, 3.05) is 13.2 Å². The highest BCUT2D eigenvalue weighted by Gasteiger charge is 2.38. The van der Waals surface area contributed by atoms with Gasteiger partial charge >= 0.3 is 0 Å². The smallest absolute Gasteiger partial charge is 0.110 e. The van der Waals surface area contributed by atoms with Gasteiger partial charge in [-0.1, -0.05) is 22.9 Å². The average Bonchev–Trinajstić information content (AvgIpc) is 2.78. The number of aromatic nitrogens is 1. The van der Waals surface area contributed by atoms with Gasteiger partial charge in [0.25, 0.3) is 0 Å². The molecule has 0 saturated heterocycles. The van der Waals surface area contributed by atoms with Crippen LogP contribution in [0.4, 0.5) is 0 Å². The predicted octanol–water partition coefficient (Wildman–Crippen LogP) is 3.49. The number of nitrogens with one attached hydrogen (secondary N) is 1. The summed E-state index contributed by atoms with van der Waals surface area (Å²) < 4.78 is 7.13. The molecule has 1 aliphatic heterocycles. The standard InChI is InChI=1S/C15H18BrNO2/c1-2-15(6-7-18)14-11(5-8-19-15)12-9-10(16)3-4-13(12)17-14/h3-4,9,17-18H,2,5-8H2,1H3. The van der Waals surface area contributed by atoms with Crippen molar-refractivity contribution in [2.24, 2.45) is 0 Å². The Hall–Kier alpha value is -0.840. The molecule has 1 aromatic carbocycles. The van der Waals surface area contributed by atoms with Crippen LogP contribution in [0, 0.1) is 0 Å². The lowest BCUT2D eigenvalue weighted by molar-refractivity contribution is -0.0795. The first-order chi connectivity index (χ1) is 9.20. The first-order valence-corrected chi connectivity index (χ1v) is 7.55. The number of halogens is 1. The van der Waals surface area contributed by atoms with Gasteiger partial charge in [0.15, 0.2) is 0 Å². The van der Waals surface area contributed by atoms with Crippen LogP contribution in [0.15, 0.2) is 22.7 Å². The maximum atomic E-state index is 9.36. The third kappa shape index (κ3) is 2.02. The second-order valence-corrected chi connectivity index (χ2v) is 6.00. The van der Waals surface area contributed by atoms with E-state index in [9.17, 15) is 5.11 Å². The third-order valence-corrected chi connectivity index (χ3v) is 4.63. The Morgan fingerprint density at radius 2 is 2.32 bits per heavy atom. The van der Waals surface area contributed by atoms with Gasteiger partial charge in [-0.25, -0.2) is 0 Å². The summed E-state index contributed by atoms with van der Waals surface area (Å²) in [5, 5.41) is 10.6. The van der Waals surface area contributed by atoms with Gasteiger partial charge in [0.1, 0.15) is 5.60 Å². The molecule has 0 fully saturated rings. The molecule has 0 spiro atoms. The first-order valence-electron chi connectivity index (χ1n) is 6.75. The minimum absolute atomic E-state index is 0.145. The Morgan fingerprint density at radius 1 is 1.47 bits per heavy atom. The monoisotopic (exact) mass is 323 g/mol. The number of aromatic amines is 1. The van der Waals surface area contributed by atoms with Crippen LogP contribution in [-0.4, -0.2) is 23.3 Å². The largest absolute Gasteiger partial charge is 0.396 e. The topological polar surface area (TPSA) is 45.2 Å². The van der Waals surface area contributed by atoms with Gasteiger partial charge in [-0.2, -0.15) is 0 Å². The van der Waals surface area contributed by atoms with E-state index in [0.29, 0.717) is 6.42 Å². The lowest BCUT2D eigenvalue weighted by Gasteiger charge is -2.36. The van der Waals surface area contributed by atoms with E-state index in [0.717, 1.165) is 35.1 Å². The van der Waals surface area contributed by atoms with Crippen molar-refractivity contribution in [3.05, 3.63) is 33.9 Å². The molecular weight excluding hydrogens is 306 g/mol. The Balaban J connectivity index is 2.22. The molecule has 0 amide bonds. The molecular formula is C15H18BrNO2. The van der Waals surface area contributed by atoms with E-state index in [1.807, 2.05) is 6.07 Å². The lowest BCUT2D eigenvalue weighted by atomic mass is 9.86. The minimum atomic E-state index is -0.353. The molecule has 102 valence electrons. The summed E-state index contributed by atoms with van der Waals surface area (Å²) in [6, 6.07) is 6.30. The van der Waals surface area contributed by atoms with E-state index in [2.05, 4.69) is 40.0 Å². The van der Waals surface area contributed by atoms with Crippen LogP contribution in [0.2, 0.25) is 0 Å². The fourth-order valence-corrected chi connectivity index (χ4v) is 3.48. The van der Waals surface area contributed by atoms with Crippen LogP contribution in [-0.2, 0) is 16.8 Å². The molecule has 3 nitrogen and oxygen atoms in total. The summed E-state index contributed by atoms with van der Waals surface area (Å²) in [7, 11) is 0. The molecule has 2 aromatic rings. The van der Waals surface area contributed by atoms with Crippen LogP contribution < -0.4 is 0 Å². The zero-order valence-electron chi connectivity index (χ0n) is 11.0. The summed E-state index contributed by atoms with van der Waals surface area (Å²) in [5.41, 5.74) is 3.30. The van der Waals surface area contributed by atoms with Crippen LogP contribution in [0.5, 0.6) is 0 Å². The van der Waals surface area contributed by atoms with Gasteiger partial charge in [0.05, 0.1) is 12.3 Å². The highest BCUT2D eigenvalue weighted by atomic mass is 79.9. The van der Waals surface area contributed by atoms with Crippen molar-refractivity contribution >= 4 is 26.8 Å². The van der Waals surface area contributed by atoms with Crippen LogP contribution in [0.25, 0.3) is 10.9 Å². The third-order valence-electron chi connectivity index (χ3n) is 4.14. The number of aliphatic hydroxyl groups is 1.